The zero-order chi connectivity index (χ0) is 19.4. The van der Waals surface area contributed by atoms with Crippen molar-refractivity contribution in [3.05, 3.63) is 89.5 Å². The highest BCUT2D eigenvalue weighted by molar-refractivity contribution is 6.10. The van der Waals surface area contributed by atoms with Gasteiger partial charge in [0, 0.05) is 16.8 Å². The van der Waals surface area contributed by atoms with Crippen molar-refractivity contribution in [2.45, 2.75) is 6.92 Å². The summed E-state index contributed by atoms with van der Waals surface area (Å²) in [4.78, 5) is 35.9. The Morgan fingerprint density at radius 2 is 1.37 bits per heavy atom. The van der Waals surface area contributed by atoms with Crippen LogP contribution >= 0.6 is 0 Å². The fourth-order valence-corrected chi connectivity index (χ4v) is 2.83. The van der Waals surface area contributed by atoms with E-state index in [1.807, 2.05) is 0 Å². The molecule has 3 rings (SSSR count). The van der Waals surface area contributed by atoms with Crippen LogP contribution in [0.3, 0.4) is 0 Å². The molecule has 0 saturated heterocycles. The van der Waals surface area contributed by atoms with Crippen LogP contribution < -0.4 is 5.32 Å². The van der Waals surface area contributed by atoms with Crippen LogP contribution in [0, 0.1) is 0 Å². The average Bonchev–Trinajstić information content (AvgIpc) is 2.68. The van der Waals surface area contributed by atoms with Gasteiger partial charge in [-0.2, -0.15) is 0 Å². The second kappa shape index (κ2) is 7.66. The first-order valence-electron chi connectivity index (χ1n) is 8.31. The Kier molecular flexibility index (Phi) is 5.13. The summed E-state index contributed by atoms with van der Waals surface area (Å²) in [5.74, 6) is -1.54. The quantitative estimate of drug-likeness (QED) is 0.657. The molecule has 0 fully saturated rings. The van der Waals surface area contributed by atoms with Crippen molar-refractivity contribution in [1.82, 2.24) is 0 Å². The fourth-order valence-electron chi connectivity index (χ4n) is 2.83. The molecule has 0 saturated carbocycles. The van der Waals surface area contributed by atoms with Crippen molar-refractivity contribution >= 4 is 23.3 Å². The van der Waals surface area contributed by atoms with Crippen molar-refractivity contribution in [1.29, 1.82) is 0 Å². The number of carboxylic acids is 1. The molecule has 0 spiro atoms. The van der Waals surface area contributed by atoms with E-state index in [0.717, 1.165) is 0 Å². The maximum atomic E-state index is 12.8. The van der Waals surface area contributed by atoms with Crippen molar-refractivity contribution < 1.29 is 19.5 Å². The molecule has 1 amide bonds. The van der Waals surface area contributed by atoms with Gasteiger partial charge in [-0.1, -0.05) is 48.5 Å². The Hall–Kier alpha value is -3.73. The summed E-state index contributed by atoms with van der Waals surface area (Å²) in [7, 11) is 0. The summed E-state index contributed by atoms with van der Waals surface area (Å²) in [5, 5.41) is 12.2. The molecule has 0 heterocycles. The van der Waals surface area contributed by atoms with Gasteiger partial charge in [-0.15, -0.1) is 0 Å². The lowest BCUT2D eigenvalue weighted by molar-refractivity contribution is 0.0697. The Bertz CT molecular complexity index is 1040. The number of aromatic carboxylic acids is 1. The van der Waals surface area contributed by atoms with E-state index in [0.29, 0.717) is 27.9 Å². The number of carboxylic acid groups (broad SMARTS) is 1. The van der Waals surface area contributed by atoms with Gasteiger partial charge in [0.15, 0.2) is 5.78 Å². The molecule has 0 aliphatic carbocycles. The molecular formula is C22H17NO4. The van der Waals surface area contributed by atoms with Gasteiger partial charge in [-0.05, 0) is 42.3 Å². The molecule has 3 aromatic carbocycles. The summed E-state index contributed by atoms with van der Waals surface area (Å²) in [6, 6.07) is 20.0. The van der Waals surface area contributed by atoms with E-state index in [9.17, 15) is 19.5 Å². The number of hydrogen-bond acceptors (Lipinski definition) is 3. The number of rotatable bonds is 5. The lowest BCUT2D eigenvalue weighted by Crippen LogP contribution is -2.14. The first kappa shape index (κ1) is 18.1. The summed E-state index contributed by atoms with van der Waals surface area (Å²) in [6.07, 6.45) is 0. The third-order valence-electron chi connectivity index (χ3n) is 4.15. The van der Waals surface area contributed by atoms with Crippen molar-refractivity contribution in [2.75, 3.05) is 5.32 Å². The minimum Gasteiger partial charge on any atom is -0.478 e. The number of ketones is 1. The molecule has 5 heteroatoms. The molecule has 0 aliphatic rings. The molecule has 5 nitrogen and oxygen atoms in total. The number of carbonyl (C=O) groups is 3. The smallest absolute Gasteiger partial charge is 0.336 e. The summed E-state index contributed by atoms with van der Waals surface area (Å²) >= 11 is 0. The number of hydrogen-bond donors (Lipinski definition) is 2. The molecule has 3 aromatic rings. The van der Waals surface area contributed by atoms with Crippen LogP contribution in [0.5, 0.6) is 0 Å². The SMILES string of the molecule is CC(=O)c1cccc(NC(=O)c2ccccc2-c2ccccc2C(=O)O)c1. The van der Waals surface area contributed by atoms with Gasteiger partial charge in [0.05, 0.1) is 5.56 Å². The van der Waals surface area contributed by atoms with Crippen LogP contribution in [0.4, 0.5) is 5.69 Å². The molecule has 2 N–H and O–H groups in total. The van der Waals surface area contributed by atoms with Crippen LogP contribution in [0.15, 0.2) is 72.8 Å². The van der Waals surface area contributed by atoms with Gasteiger partial charge in [-0.3, -0.25) is 9.59 Å². The monoisotopic (exact) mass is 359 g/mol. The molecule has 0 atom stereocenters. The molecule has 0 bridgehead atoms. The highest BCUT2D eigenvalue weighted by atomic mass is 16.4. The van der Waals surface area contributed by atoms with Gasteiger partial charge in [0.25, 0.3) is 5.91 Å². The second-order valence-electron chi connectivity index (χ2n) is 5.99. The minimum absolute atomic E-state index is 0.0955. The lowest BCUT2D eigenvalue weighted by atomic mass is 9.95. The van der Waals surface area contributed by atoms with Crippen LogP contribution in [0.2, 0.25) is 0 Å². The van der Waals surface area contributed by atoms with Gasteiger partial charge in [-0.25, -0.2) is 4.79 Å². The first-order chi connectivity index (χ1) is 13.0. The fraction of sp³-hybridized carbons (Fsp3) is 0.0455. The third kappa shape index (κ3) is 3.93. The van der Waals surface area contributed by atoms with E-state index in [4.69, 9.17) is 0 Å². The predicted molar refractivity (Wildman–Crippen MR) is 103 cm³/mol. The normalized spacial score (nSPS) is 10.3. The van der Waals surface area contributed by atoms with E-state index < -0.39 is 5.97 Å². The molecule has 0 aliphatic heterocycles. The third-order valence-corrected chi connectivity index (χ3v) is 4.15. The van der Waals surface area contributed by atoms with Gasteiger partial charge >= 0.3 is 5.97 Å². The number of benzene rings is 3. The summed E-state index contributed by atoms with van der Waals surface area (Å²) in [6.45, 7) is 1.46. The Morgan fingerprint density at radius 1 is 0.778 bits per heavy atom. The number of nitrogens with one attached hydrogen (secondary N) is 1. The summed E-state index contributed by atoms with van der Waals surface area (Å²) < 4.78 is 0. The minimum atomic E-state index is -1.06. The van der Waals surface area contributed by atoms with Gasteiger partial charge in [0.1, 0.15) is 0 Å². The summed E-state index contributed by atoms with van der Waals surface area (Å²) in [5.41, 5.74) is 2.45. The van der Waals surface area contributed by atoms with E-state index in [2.05, 4.69) is 5.32 Å². The lowest BCUT2D eigenvalue weighted by Gasteiger charge is -2.12. The highest BCUT2D eigenvalue weighted by Crippen LogP contribution is 2.28. The number of carbonyl (C=O) groups excluding carboxylic acids is 2. The molecule has 0 radical (unpaired) electrons. The van der Waals surface area contributed by atoms with E-state index >= 15 is 0 Å². The predicted octanol–water partition coefficient (Wildman–Crippen LogP) is 4.51. The Balaban J connectivity index is 2.00. The van der Waals surface area contributed by atoms with Crippen LogP contribution in [-0.4, -0.2) is 22.8 Å². The highest BCUT2D eigenvalue weighted by Gasteiger charge is 2.17. The number of Topliss-reactive ketones (excluding diaryl/α,β-unsaturated/α-hetero) is 1. The number of anilines is 1. The Morgan fingerprint density at radius 3 is 2.00 bits per heavy atom. The standard InChI is InChI=1S/C22H17NO4/c1-14(24)15-7-6-8-16(13-15)23-21(25)19-11-4-2-9-17(19)18-10-3-5-12-20(18)22(26)27/h2-13H,1H3,(H,23,25)(H,26,27). The molecule has 0 unspecified atom stereocenters. The van der Waals surface area contributed by atoms with Crippen LogP contribution in [0.25, 0.3) is 11.1 Å². The largest absolute Gasteiger partial charge is 0.478 e. The van der Waals surface area contributed by atoms with E-state index in [-0.39, 0.29) is 17.3 Å². The van der Waals surface area contributed by atoms with E-state index in [1.54, 1.807) is 66.7 Å². The van der Waals surface area contributed by atoms with Gasteiger partial charge in [0.2, 0.25) is 0 Å². The average molecular weight is 359 g/mol. The van der Waals surface area contributed by atoms with Gasteiger partial charge < -0.3 is 10.4 Å². The first-order valence-corrected chi connectivity index (χ1v) is 8.31. The van der Waals surface area contributed by atoms with Crippen molar-refractivity contribution in [3.8, 4) is 11.1 Å². The maximum absolute atomic E-state index is 12.8. The maximum Gasteiger partial charge on any atom is 0.336 e. The van der Waals surface area contributed by atoms with Crippen LogP contribution in [-0.2, 0) is 0 Å². The zero-order valence-corrected chi connectivity index (χ0v) is 14.6. The number of amides is 1. The van der Waals surface area contributed by atoms with Crippen molar-refractivity contribution in [2.24, 2.45) is 0 Å². The molecule has 0 aromatic heterocycles. The van der Waals surface area contributed by atoms with Crippen LogP contribution in [0.1, 0.15) is 38.0 Å². The Labute approximate surface area is 156 Å². The zero-order valence-electron chi connectivity index (χ0n) is 14.6. The molecule has 27 heavy (non-hydrogen) atoms. The molecular weight excluding hydrogens is 342 g/mol. The molecule has 134 valence electrons. The van der Waals surface area contributed by atoms with Crippen molar-refractivity contribution in [3.63, 3.8) is 0 Å². The van der Waals surface area contributed by atoms with E-state index in [1.165, 1.54) is 13.0 Å². The topological polar surface area (TPSA) is 83.5 Å². The second-order valence-corrected chi connectivity index (χ2v) is 5.99.